The van der Waals surface area contributed by atoms with Gasteiger partial charge < -0.3 is 14.5 Å². The number of pyridine rings is 2. The van der Waals surface area contributed by atoms with E-state index in [2.05, 4.69) is 20.0 Å². The molecule has 4 rings (SSSR count). The Morgan fingerprint density at radius 1 is 1.30 bits per heavy atom. The molecule has 0 radical (unpaired) electrons. The van der Waals surface area contributed by atoms with E-state index in [4.69, 9.17) is 21.9 Å². The standard InChI is InChI=1S/C18H18ClF2N7O2/c1-17(2,25-26-22)13-5-24-15(12-4-23-14(19)3-11(12)13)30-10-6-27(7-10)16(29)28-8-18(20,21)9-28/h3-5,10H,6-9H2,1-2H3. The summed E-state index contributed by atoms with van der Waals surface area (Å²) in [6.07, 6.45) is 2.77. The van der Waals surface area contributed by atoms with Gasteiger partial charge in [-0.15, -0.1) is 0 Å². The number of carbonyl (C=O) groups is 1. The van der Waals surface area contributed by atoms with E-state index in [1.54, 1.807) is 26.1 Å². The van der Waals surface area contributed by atoms with Crippen molar-refractivity contribution in [2.24, 2.45) is 5.11 Å². The van der Waals surface area contributed by atoms with Crippen LogP contribution in [0.5, 0.6) is 5.88 Å². The maximum atomic E-state index is 13.0. The Bertz CT molecular complexity index is 1060. The topological polar surface area (TPSA) is 107 Å². The Hall–Kier alpha value is -2.91. The molecule has 2 amide bonds. The molecule has 0 aromatic carbocycles. The van der Waals surface area contributed by atoms with Crippen LogP contribution in [0.15, 0.2) is 23.6 Å². The van der Waals surface area contributed by atoms with Crippen molar-refractivity contribution in [2.75, 3.05) is 26.2 Å². The lowest BCUT2D eigenvalue weighted by atomic mass is 9.93. The second kappa shape index (κ2) is 7.10. The van der Waals surface area contributed by atoms with Gasteiger partial charge in [0.2, 0.25) is 5.88 Å². The highest BCUT2D eigenvalue weighted by Crippen LogP contribution is 2.36. The fourth-order valence-corrected chi connectivity index (χ4v) is 3.66. The van der Waals surface area contributed by atoms with Crippen molar-refractivity contribution in [3.63, 3.8) is 0 Å². The molecule has 158 valence electrons. The van der Waals surface area contributed by atoms with Crippen LogP contribution < -0.4 is 4.74 Å². The first-order valence-corrected chi connectivity index (χ1v) is 9.57. The van der Waals surface area contributed by atoms with Crippen LogP contribution in [0.25, 0.3) is 21.2 Å². The van der Waals surface area contributed by atoms with Gasteiger partial charge in [0.15, 0.2) is 0 Å². The lowest BCUT2D eigenvalue weighted by Gasteiger charge is -2.46. The predicted molar refractivity (Wildman–Crippen MR) is 105 cm³/mol. The molecule has 0 aliphatic carbocycles. The van der Waals surface area contributed by atoms with Crippen molar-refractivity contribution < 1.29 is 18.3 Å². The first-order valence-electron chi connectivity index (χ1n) is 9.19. The molecule has 0 unspecified atom stereocenters. The highest BCUT2D eigenvalue weighted by molar-refractivity contribution is 6.30. The molecule has 0 atom stereocenters. The van der Waals surface area contributed by atoms with Crippen LogP contribution in [0.3, 0.4) is 0 Å². The van der Waals surface area contributed by atoms with E-state index in [9.17, 15) is 13.6 Å². The van der Waals surface area contributed by atoms with Gasteiger partial charge in [0.1, 0.15) is 11.3 Å². The zero-order valence-corrected chi connectivity index (χ0v) is 17.0. The third-order valence-electron chi connectivity index (χ3n) is 5.17. The molecular formula is C18H18ClF2N7O2. The lowest BCUT2D eigenvalue weighted by Crippen LogP contribution is -2.66. The maximum absolute atomic E-state index is 13.0. The van der Waals surface area contributed by atoms with Gasteiger partial charge in [0.05, 0.1) is 37.1 Å². The van der Waals surface area contributed by atoms with Gasteiger partial charge in [0, 0.05) is 17.3 Å². The molecule has 4 heterocycles. The van der Waals surface area contributed by atoms with Gasteiger partial charge >= 0.3 is 6.03 Å². The summed E-state index contributed by atoms with van der Waals surface area (Å²) in [7, 11) is 0. The molecule has 0 saturated carbocycles. The molecule has 12 heteroatoms. The van der Waals surface area contributed by atoms with Gasteiger partial charge in [-0.25, -0.2) is 23.5 Å². The second-order valence-corrected chi connectivity index (χ2v) is 8.30. The number of hydrogen-bond acceptors (Lipinski definition) is 5. The number of alkyl halides is 2. The summed E-state index contributed by atoms with van der Waals surface area (Å²) < 4.78 is 31.8. The summed E-state index contributed by atoms with van der Waals surface area (Å²) in [6, 6.07) is 1.23. The largest absolute Gasteiger partial charge is 0.470 e. The maximum Gasteiger partial charge on any atom is 0.320 e. The minimum atomic E-state index is -2.79. The molecular weight excluding hydrogens is 420 g/mol. The Balaban J connectivity index is 1.51. The summed E-state index contributed by atoms with van der Waals surface area (Å²) in [5.41, 5.74) is 8.65. The van der Waals surface area contributed by atoms with Crippen molar-refractivity contribution in [1.82, 2.24) is 19.8 Å². The molecule has 2 fully saturated rings. The van der Waals surface area contributed by atoms with Crippen molar-refractivity contribution in [3.8, 4) is 5.88 Å². The fourth-order valence-electron chi connectivity index (χ4n) is 3.51. The third-order valence-corrected chi connectivity index (χ3v) is 5.37. The number of nitrogens with zero attached hydrogens (tertiary/aromatic N) is 7. The molecule has 9 nitrogen and oxygen atoms in total. The first kappa shape index (κ1) is 20.4. The van der Waals surface area contributed by atoms with Crippen LogP contribution in [0.4, 0.5) is 13.6 Å². The Kier molecular flexibility index (Phi) is 4.82. The molecule has 2 saturated heterocycles. The SMILES string of the molecule is CC(C)(N=[N+]=[N-])c1cnc(OC2CN(C(=O)N3CC(F)(F)C3)C2)c2cnc(Cl)cc12. The van der Waals surface area contributed by atoms with Gasteiger partial charge in [-0.1, -0.05) is 30.6 Å². The molecule has 0 N–H and O–H groups in total. The Morgan fingerprint density at radius 2 is 2.00 bits per heavy atom. The highest BCUT2D eigenvalue weighted by atomic mass is 35.5. The normalized spacial score (nSPS) is 18.4. The van der Waals surface area contributed by atoms with E-state index < -0.39 is 30.6 Å². The van der Waals surface area contributed by atoms with Crippen molar-refractivity contribution >= 4 is 28.4 Å². The van der Waals surface area contributed by atoms with Crippen LogP contribution in [0.2, 0.25) is 5.15 Å². The van der Waals surface area contributed by atoms with Gasteiger partial charge in [-0.2, -0.15) is 0 Å². The minimum Gasteiger partial charge on any atom is -0.470 e. The molecule has 2 aromatic heterocycles. The number of urea groups is 1. The minimum absolute atomic E-state index is 0.268. The number of ether oxygens (including phenoxy) is 1. The van der Waals surface area contributed by atoms with E-state index >= 15 is 0 Å². The van der Waals surface area contributed by atoms with E-state index in [0.717, 1.165) is 4.90 Å². The van der Waals surface area contributed by atoms with Gasteiger partial charge in [-0.3, -0.25) is 0 Å². The number of likely N-dealkylation sites (tertiary alicyclic amines) is 2. The number of amides is 2. The van der Waals surface area contributed by atoms with Crippen molar-refractivity contribution in [2.45, 2.75) is 31.4 Å². The van der Waals surface area contributed by atoms with Crippen LogP contribution in [0.1, 0.15) is 19.4 Å². The number of carbonyl (C=O) groups excluding carboxylic acids is 1. The number of rotatable bonds is 4. The quantitative estimate of drug-likeness (QED) is 0.312. The fraction of sp³-hybridized carbons (Fsp3) is 0.500. The zero-order chi connectivity index (χ0) is 21.7. The molecule has 0 spiro atoms. The Labute approximate surface area is 175 Å². The number of hydrogen-bond donors (Lipinski definition) is 0. The summed E-state index contributed by atoms with van der Waals surface area (Å²) in [4.78, 5) is 26.0. The van der Waals surface area contributed by atoms with Gasteiger partial charge in [-0.05, 0) is 22.5 Å². The molecule has 2 aromatic rings. The number of aromatic nitrogens is 2. The van der Waals surface area contributed by atoms with Crippen LogP contribution in [-0.2, 0) is 5.54 Å². The number of halogens is 3. The van der Waals surface area contributed by atoms with Crippen LogP contribution in [-0.4, -0.2) is 64.0 Å². The summed E-state index contributed by atoms with van der Waals surface area (Å²) >= 11 is 6.06. The first-order chi connectivity index (χ1) is 14.1. The lowest BCUT2D eigenvalue weighted by molar-refractivity contribution is -0.118. The van der Waals surface area contributed by atoms with E-state index in [1.165, 1.54) is 11.1 Å². The molecule has 0 bridgehead atoms. The zero-order valence-electron chi connectivity index (χ0n) is 16.2. The molecule has 2 aliphatic rings. The van der Waals surface area contributed by atoms with Crippen molar-refractivity contribution in [1.29, 1.82) is 0 Å². The summed E-state index contributed by atoms with van der Waals surface area (Å²) in [5.74, 6) is -2.49. The van der Waals surface area contributed by atoms with E-state index in [1.807, 2.05) is 0 Å². The summed E-state index contributed by atoms with van der Waals surface area (Å²) in [6.45, 7) is 2.97. The summed E-state index contributed by atoms with van der Waals surface area (Å²) in [5, 5.41) is 5.37. The average molecular weight is 438 g/mol. The third kappa shape index (κ3) is 3.66. The number of azide groups is 1. The monoisotopic (exact) mass is 437 g/mol. The molecule has 2 aliphatic heterocycles. The van der Waals surface area contributed by atoms with E-state index in [-0.39, 0.29) is 24.3 Å². The van der Waals surface area contributed by atoms with E-state index in [0.29, 0.717) is 22.2 Å². The average Bonchev–Trinajstić information content (AvgIpc) is 2.61. The van der Waals surface area contributed by atoms with Crippen molar-refractivity contribution in [3.05, 3.63) is 39.6 Å². The highest BCUT2D eigenvalue weighted by Gasteiger charge is 2.49. The van der Waals surface area contributed by atoms with Crippen LogP contribution >= 0.6 is 11.6 Å². The smallest absolute Gasteiger partial charge is 0.320 e. The second-order valence-electron chi connectivity index (χ2n) is 7.92. The van der Waals surface area contributed by atoms with Crippen LogP contribution in [0, 0.1) is 0 Å². The number of fused-ring (bicyclic) bond motifs is 1. The van der Waals surface area contributed by atoms with Gasteiger partial charge in [0.25, 0.3) is 5.92 Å². The predicted octanol–water partition coefficient (Wildman–Crippen LogP) is 3.96. The Morgan fingerprint density at radius 3 is 2.63 bits per heavy atom. The molecule has 30 heavy (non-hydrogen) atoms.